The largest absolute Gasteiger partial charge is 0.489 e. The molecule has 0 fully saturated rings. The van der Waals surface area contributed by atoms with Crippen molar-refractivity contribution in [3.8, 4) is 5.75 Å². The molecule has 0 atom stereocenters. The predicted molar refractivity (Wildman–Crippen MR) is 73.3 cm³/mol. The quantitative estimate of drug-likeness (QED) is 0.783. The summed E-state index contributed by atoms with van der Waals surface area (Å²) in [6, 6.07) is 6.27. The van der Waals surface area contributed by atoms with Gasteiger partial charge in [0.2, 0.25) is 0 Å². The molecular formula is C14H22N2O2. The lowest BCUT2D eigenvalue weighted by atomic mass is 10.1. The second-order valence-electron chi connectivity index (χ2n) is 4.50. The second kappa shape index (κ2) is 6.61. The average molecular weight is 250 g/mol. The van der Waals surface area contributed by atoms with Crippen molar-refractivity contribution >= 4 is 5.69 Å². The Morgan fingerprint density at radius 2 is 2.33 bits per heavy atom. The summed E-state index contributed by atoms with van der Waals surface area (Å²) in [5.41, 5.74) is 2.34. The Labute approximate surface area is 109 Å². The van der Waals surface area contributed by atoms with Crippen LogP contribution >= 0.6 is 0 Å². The molecule has 0 unspecified atom stereocenters. The Morgan fingerprint density at radius 1 is 1.44 bits per heavy atom. The smallest absolute Gasteiger partial charge is 0.146 e. The van der Waals surface area contributed by atoms with Crippen LogP contribution in [0.25, 0.3) is 0 Å². The van der Waals surface area contributed by atoms with Crippen molar-refractivity contribution in [3.63, 3.8) is 0 Å². The van der Waals surface area contributed by atoms with Gasteiger partial charge in [-0.05, 0) is 20.0 Å². The highest BCUT2D eigenvalue weighted by Crippen LogP contribution is 2.31. The van der Waals surface area contributed by atoms with Crippen LogP contribution in [0.2, 0.25) is 0 Å². The topological polar surface area (TPSA) is 33.7 Å². The Bertz CT molecular complexity index is 382. The lowest BCUT2D eigenvalue weighted by Gasteiger charge is -2.24. The van der Waals surface area contributed by atoms with Crippen molar-refractivity contribution in [2.75, 3.05) is 45.3 Å². The van der Waals surface area contributed by atoms with E-state index < -0.39 is 0 Å². The van der Waals surface area contributed by atoms with E-state index in [9.17, 15) is 0 Å². The highest BCUT2D eigenvalue weighted by Gasteiger charge is 2.14. The minimum absolute atomic E-state index is 0.743. The van der Waals surface area contributed by atoms with Crippen LogP contribution in [0, 0.1) is 0 Å². The summed E-state index contributed by atoms with van der Waals surface area (Å²) >= 11 is 0. The van der Waals surface area contributed by atoms with Crippen molar-refractivity contribution in [1.82, 2.24) is 4.90 Å². The van der Waals surface area contributed by atoms with Crippen molar-refractivity contribution in [2.24, 2.45) is 0 Å². The van der Waals surface area contributed by atoms with Gasteiger partial charge in [0.15, 0.2) is 0 Å². The highest BCUT2D eigenvalue weighted by atomic mass is 16.5. The zero-order valence-corrected chi connectivity index (χ0v) is 11.2. The summed E-state index contributed by atoms with van der Waals surface area (Å²) in [7, 11) is 2.11. The average Bonchev–Trinajstić information content (AvgIpc) is 2.39. The van der Waals surface area contributed by atoms with E-state index in [-0.39, 0.29) is 0 Å². The van der Waals surface area contributed by atoms with Crippen molar-refractivity contribution in [3.05, 3.63) is 23.8 Å². The molecular weight excluding hydrogens is 228 g/mol. The maximum absolute atomic E-state index is 5.76. The normalized spacial score (nSPS) is 13.9. The number of likely N-dealkylation sites (N-methyl/N-ethyl adjacent to an activating group) is 1. The molecule has 4 nitrogen and oxygen atoms in total. The first-order chi connectivity index (χ1) is 8.81. The van der Waals surface area contributed by atoms with Crippen LogP contribution in [-0.4, -0.2) is 44.9 Å². The van der Waals surface area contributed by atoms with Gasteiger partial charge in [-0.3, -0.25) is 4.90 Å². The molecule has 1 aliphatic rings. The van der Waals surface area contributed by atoms with Gasteiger partial charge in [0.25, 0.3) is 0 Å². The fourth-order valence-electron chi connectivity index (χ4n) is 2.09. The molecule has 1 N–H and O–H groups in total. The number of nitrogens with one attached hydrogen (secondary N) is 1. The number of hydrogen-bond acceptors (Lipinski definition) is 4. The first-order valence-electron chi connectivity index (χ1n) is 6.56. The Morgan fingerprint density at radius 3 is 3.17 bits per heavy atom. The summed E-state index contributed by atoms with van der Waals surface area (Å²) in [6.07, 6.45) is 0. The number of nitrogens with zero attached hydrogens (tertiary/aromatic N) is 1. The van der Waals surface area contributed by atoms with Gasteiger partial charge < -0.3 is 14.8 Å². The van der Waals surface area contributed by atoms with E-state index in [1.807, 2.05) is 6.92 Å². The molecule has 2 rings (SSSR count). The zero-order valence-electron chi connectivity index (χ0n) is 11.2. The third kappa shape index (κ3) is 3.37. The van der Waals surface area contributed by atoms with Gasteiger partial charge in [-0.2, -0.15) is 0 Å². The molecule has 1 aliphatic heterocycles. The van der Waals surface area contributed by atoms with E-state index >= 15 is 0 Å². The van der Waals surface area contributed by atoms with Gasteiger partial charge in [0, 0.05) is 31.8 Å². The van der Waals surface area contributed by atoms with Gasteiger partial charge in [-0.15, -0.1) is 0 Å². The molecule has 4 heteroatoms. The van der Waals surface area contributed by atoms with E-state index in [1.54, 1.807) is 0 Å². The van der Waals surface area contributed by atoms with Crippen molar-refractivity contribution < 1.29 is 9.47 Å². The Hall–Kier alpha value is -1.26. The third-order valence-corrected chi connectivity index (χ3v) is 3.02. The molecule has 0 bridgehead atoms. The first kappa shape index (κ1) is 13.2. The van der Waals surface area contributed by atoms with Crippen LogP contribution in [0.3, 0.4) is 0 Å². The standard InChI is InChI=1S/C14H22N2O2/c1-3-17-10-8-16(2)11-12-5-4-6-13-14(12)18-9-7-15-13/h4-6,15H,3,7-11H2,1-2H3. The Balaban J connectivity index is 1.96. The van der Waals surface area contributed by atoms with Crippen LogP contribution in [0.15, 0.2) is 18.2 Å². The van der Waals surface area contributed by atoms with E-state index in [0.29, 0.717) is 0 Å². The molecule has 0 radical (unpaired) electrons. The summed E-state index contributed by atoms with van der Waals surface area (Å²) in [4.78, 5) is 2.25. The van der Waals surface area contributed by atoms with E-state index in [1.165, 1.54) is 5.56 Å². The van der Waals surface area contributed by atoms with Gasteiger partial charge in [-0.1, -0.05) is 12.1 Å². The number of benzene rings is 1. The number of fused-ring (bicyclic) bond motifs is 1. The van der Waals surface area contributed by atoms with Gasteiger partial charge in [0.1, 0.15) is 12.4 Å². The maximum atomic E-state index is 5.76. The number of rotatable bonds is 6. The van der Waals surface area contributed by atoms with Crippen LogP contribution in [0.4, 0.5) is 5.69 Å². The monoisotopic (exact) mass is 250 g/mol. The molecule has 0 aromatic heterocycles. The molecule has 1 heterocycles. The van der Waals surface area contributed by atoms with Crippen LogP contribution in [0.5, 0.6) is 5.75 Å². The highest BCUT2D eigenvalue weighted by molar-refractivity contribution is 5.61. The fourth-order valence-corrected chi connectivity index (χ4v) is 2.09. The first-order valence-corrected chi connectivity index (χ1v) is 6.56. The van der Waals surface area contributed by atoms with Gasteiger partial charge >= 0.3 is 0 Å². The van der Waals surface area contributed by atoms with Crippen LogP contribution in [0.1, 0.15) is 12.5 Å². The SMILES string of the molecule is CCOCCN(C)Cc1cccc2c1OCCN2. The molecule has 0 saturated heterocycles. The molecule has 0 spiro atoms. The molecule has 100 valence electrons. The fraction of sp³-hybridized carbons (Fsp3) is 0.571. The molecule has 1 aromatic rings. The molecule has 0 saturated carbocycles. The minimum Gasteiger partial charge on any atom is -0.489 e. The summed E-state index contributed by atoms with van der Waals surface area (Å²) in [6.45, 7) is 7.03. The number of para-hydroxylation sites is 1. The molecule has 0 aliphatic carbocycles. The summed E-state index contributed by atoms with van der Waals surface area (Å²) < 4.78 is 11.1. The lowest BCUT2D eigenvalue weighted by molar-refractivity contribution is 0.120. The maximum Gasteiger partial charge on any atom is 0.146 e. The number of hydrogen-bond donors (Lipinski definition) is 1. The molecule has 1 aromatic carbocycles. The number of anilines is 1. The van der Waals surface area contributed by atoms with Gasteiger partial charge in [0.05, 0.1) is 12.3 Å². The van der Waals surface area contributed by atoms with E-state index in [2.05, 4.69) is 35.5 Å². The van der Waals surface area contributed by atoms with Crippen LogP contribution < -0.4 is 10.1 Å². The zero-order chi connectivity index (χ0) is 12.8. The third-order valence-electron chi connectivity index (χ3n) is 3.02. The molecule has 0 amide bonds. The van der Waals surface area contributed by atoms with E-state index in [0.717, 1.165) is 50.9 Å². The summed E-state index contributed by atoms with van der Waals surface area (Å²) in [5, 5.41) is 3.36. The second-order valence-corrected chi connectivity index (χ2v) is 4.50. The van der Waals surface area contributed by atoms with Crippen molar-refractivity contribution in [1.29, 1.82) is 0 Å². The van der Waals surface area contributed by atoms with Crippen molar-refractivity contribution in [2.45, 2.75) is 13.5 Å². The number of ether oxygens (including phenoxy) is 2. The lowest BCUT2D eigenvalue weighted by Crippen LogP contribution is -2.24. The minimum atomic E-state index is 0.743. The van der Waals surface area contributed by atoms with Crippen LogP contribution in [-0.2, 0) is 11.3 Å². The predicted octanol–water partition coefficient (Wildman–Crippen LogP) is 1.96. The molecule has 18 heavy (non-hydrogen) atoms. The Kier molecular flexibility index (Phi) is 4.84. The van der Waals surface area contributed by atoms with E-state index in [4.69, 9.17) is 9.47 Å². The summed E-state index contributed by atoms with van der Waals surface area (Å²) in [5.74, 6) is 1.01. The van der Waals surface area contributed by atoms with Gasteiger partial charge in [-0.25, -0.2) is 0 Å².